The quantitative estimate of drug-likeness (QED) is 0.280. The summed E-state index contributed by atoms with van der Waals surface area (Å²) in [6, 6.07) is -1.52. The second-order valence-corrected chi connectivity index (χ2v) is 2.33. The molecule has 0 aromatic rings. The van der Waals surface area contributed by atoms with Gasteiger partial charge in [0.2, 0.25) is 0 Å². The van der Waals surface area contributed by atoms with Crippen LogP contribution in [0.25, 0.3) is 0 Å². The van der Waals surface area contributed by atoms with Crippen LogP contribution in [0.5, 0.6) is 0 Å². The first-order chi connectivity index (χ1) is 7.23. The molecule has 16 heavy (non-hydrogen) atoms. The number of hydrogen-bond donors (Lipinski definition) is 4. The van der Waals surface area contributed by atoms with Gasteiger partial charge < -0.3 is 25.8 Å². The third-order valence-corrected chi connectivity index (χ3v) is 1.12. The van der Waals surface area contributed by atoms with Crippen molar-refractivity contribution in [3.63, 3.8) is 0 Å². The lowest BCUT2D eigenvalue weighted by atomic mass is 10.1. The molecule has 0 amide bonds. The van der Waals surface area contributed by atoms with Crippen LogP contribution in [0.15, 0.2) is 12.2 Å². The van der Waals surface area contributed by atoms with Crippen LogP contribution in [0.2, 0.25) is 0 Å². The van der Waals surface area contributed by atoms with Crippen molar-refractivity contribution in [3.8, 4) is 0 Å². The van der Waals surface area contributed by atoms with Crippen molar-refractivity contribution in [1.82, 2.24) is 0 Å². The Balaban J connectivity index is 0. The highest BCUT2D eigenvalue weighted by Gasteiger charge is 2.20. The summed E-state index contributed by atoms with van der Waals surface area (Å²) in [5.74, 6) is 0.211. The zero-order chi connectivity index (χ0) is 13.3. The Labute approximate surface area is 89.9 Å². The molecular formula is C7H11N2O7-. The molecule has 0 aliphatic heterocycles. The number of nitrogens with two attached hydrogens (primary N) is 2. The molecule has 0 saturated carbocycles. The molecule has 0 heterocycles. The SMILES string of the molecule is C=C(C(=O)O)C(N)C(=O)O.NOCC(=O)[O-]. The van der Waals surface area contributed by atoms with Gasteiger partial charge in [-0.3, -0.25) is 9.63 Å². The molecule has 0 radical (unpaired) electrons. The first kappa shape index (κ1) is 16.5. The van der Waals surface area contributed by atoms with Crippen LogP contribution in [0.4, 0.5) is 0 Å². The van der Waals surface area contributed by atoms with Crippen molar-refractivity contribution in [1.29, 1.82) is 0 Å². The summed E-state index contributed by atoms with van der Waals surface area (Å²) in [5, 5.41) is 25.6. The predicted octanol–water partition coefficient (Wildman–Crippen LogP) is -3.33. The third-order valence-electron chi connectivity index (χ3n) is 1.12. The molecular weight excluding hydrogens is 224 g/mol. The van der Waals surface area contributed by atoms with Crippen molar-refractivity contribution in [2.24, 2.45) is 11.6 Å². The van der Waals surface area contributed by atoms with Gasteiger partial charge in [-0.1, -0.05) is 6.58 Å². The second-order valence-electron chi connectivity index (χ2n) is 2.33. The normalized spacial score (nSPS) is 10.6. The number of carbonyl (C=O) groups excluding carboxylic acids is 1. The minimum atomic E-state index is -1.52. The van der Waals surface area contributed by atoms with E-state index in [1.54, 1.807) is 0 Å². The molecule has 0 rings (SSSR count). The predicted molar refractivity (Wildman–Crippen MR) is 47.5 cm³/mol. The highest BCUT2D eigenvalue weighted by atomic mass is 16.6. The molecule has 9 heteroatoms. The van der Waals surface area contributed by atoms with E-state index in [4.69, 9.17) is 15.9 Å². The van der Waals surface area contributed by atoms with Crippen molar-refractivity contribution < 1.29 is 34.5 Å². The summed E-state index contributed by atoms with van der Waals surface area (Å²) >= 11 is 0. The maximum Gasteiger partial charge on any atom is 0.333 e. The van der Waals surface area contributed by atoms with Crippen LogP contribution in [-0.4, -0.2) is 40.8 Å². The molecule has 92 valence electrons. The van der Waals surface area contributed by atoms with E-state index >= 15 is 0 Å². The lowest BCUT2D eigenvalue weighted by Crippen LogP contribution is -2.34. The molecule has 1 atom stereocenters. The summed E-state index contributed by atoms with van der Waals surface area (Å²) in [5.41, 5.74) is 4.36. The Morgan fingerprint density at radius 1 is 1.38 bits per heavy atom. The number of carboxylic acid groups (broad SMARTS) is 3. The fraction of sp³-hybridized carbons (Fsp3) is 0.286. The molecule has 0 aliphatic rings. The Bertz CT molecular complexity index is 288. The summed E-state index contributed by atoms with van der Waals surface area (Å²) in [6.07, 6.45) is 0. The van der Waals surface area contributed by atoms with Gasteiger partial charge in [0.1, 0.15) is 12.6 Å². The van der Waals surface area contributed by atoms with E-state index in [9.17, 15) is 19.5 Å². The molecule has 6 N–H and O–H groups in total. The maximum absolute atomic E-state index is 10.0. The molecule has 0 bridgehead atoms. The van der Waals surface area contributed by atoms with Crippen LogP contribution >= 0.6 is 0 Å². The van der Waals surface area contributed by atoms with Gasteiger partial charge in [0, 0.05) is 0 Å². The summed E-state index contributed by atoms with van der Waals surface area (Å²) in [6.45, 7) is 2.43. The molecule has 0 fully saturated rings. The van der Waals surface area contributed by atoms with Gasteiger partial charge in [-0.05, 0) is 0 Å². The van der Waals surface area contributed by atoms with Crippen LogP contribution in [0.1, 0.15) is 0 Å². The van der Waals surface area contributed by atoms with Gasteiger partial charge >= 0.3 is 11.9 Å². The topological polar surface area (TPSA) is 176 Å². The van der Waals surface area contributed by atoms with Gasteiger partial charge in [-0.25, -0.2) is 10.7 Å². The highest BCUT2D eigenvalue weighted by Crippen LogP contribution is 1.95. The van der Waals surface area contributed by atoms with Crippen LogP contribution in [0, 0.1) is 0 Å². The van der Waals surface area contributed by atoms with Gasteiger partial charge in [0.05, 0.1) is 11.5 Å². The molecule has 0 aromatic carbocycles. The number of aliphatic carboxylic acids is 3. The first-order valence-corrected chi connectivity index (χ1v) is 3.66. The molecule has 0 spiro atoms. The standard InChI is InChI=1S/C5H7NO4.C2H5NO3/c1-2(4(7)8)3(6)5(9)10;3-6-1-2(4)5/h3H,1,6H2,(H,7,8)(H,9,10);1,3H2,(H,4,5)/p-1. The van der Waals surface area contributed by atoms with Crippen LogP contribution in [0.3, 0.4) is 0 Å². The fourth-order valence-corrected chi connectivity index (χ4v) is 0.350. The van der Waals surface area contributed by atoms with Gasteiger partial charge in [0.25, 0.3) is 0 Å². The Hall–Kier alpha value is -1.97. The molecule has 9 nitrogen and oxygen atoms in total. The van der Waals surface area contributed by atoms with E-state index in [2.05, 4.69) is 17.3 Å². The second kappa shape index (κ2) is 8.35. The number of carboxylic acids is 3. The summed E-state index contributed by atoms with van der Waals surface area (Å²) in [7, 11) is 0. The Morgan fingerprint density at radius 3 is 1.88 bits per heavy atom. The van der Waals surface area contributed by atoms with E-state index in [1.807, 2.05) is 0 Å². The zero-order valence-electron chi connectivity index (χ0n) is 8.08. The smallest absolute Gasteiger partial charge is 0.333 e. The van der Waals surface area contributed by atoms with Crippen molar-refractivity contribution in [2.75, 3.05) is 6.61 Å². The van der Waals surface area contributed by atoms with Gasteiger partial charge in [-0.2, -0.15) is 0 Å². The lowest BCUT2D eigenvalue weighted by Gasteiger charge is -2.03. The number of hydrogen-bond acceptors (Lipinski definition) is 7. The minimum absolute atomic E-state index is 0.521. The van der Waals surface area contributed by atoms with Gasteiger partial charge in [0.15, 0.2) is 0 Å². The van der Waals surface area contributed by atoms with Crippen LogP contribution < -0.4 is 16.7 Å². The fourth-order valence-electron chi connectivity index (χ4n) is 0.350. The van der Waals surface area contributed by atoms with E-state index in [1.165, 1.54) is 0 Å². The largest absolute Gasteiger partial charge is 0.548 e. The number of rotatable bonds is 5. The molecule has 0 aromatic heterocycles. The van der Waals surface area contributed by atoms with Crippen molar-refractivity contribution in [3.05, 3.63) is 12.2 Å². The van der Waals surface area contributed by atoms with Crippen molar-refractivity contribution >= 4 is 17.9 Å². The molecule has 0 aliphatic carbocycles. The monoisotopic (exact) mass is 235 g/mol. The van der Waals surface area contributed by atoms with Crippen molar-refractivity contribution in [2.45, 2.75) is 6.04 Å². The average molecular weight is 235 g/mol. The maximum atomic E-state index is 10.0. The molecule has 0 saturated heterocycles. The van der Waals surface area contributed by atoms with Gasteiger partial charge in [-0.15, -0.1) is 0 Å². The van der Waals surface area contributed by atoms with E-state index in [0.717, 1.165) is 0 Å². The zero-order valence-corrected chi connectivity index (χ0v) is 8.08. The number of carbonyl (C=O) groups is 3. The molecule has 1 unspecified atom stereocenters. The van der Waals surface area contributed by atoms with E-state index in [-0.39, 0.29) is 0 Å². The van der Waals surface area contributed by atoms with Crippen LogP contribution in [-0.2, 0) is 19.2 Å². The highest BCUT2D eigenvalue weighted by molar-refractivity contribution is 5.95. The lowest BCUT2D eigenvalue weighted by molar-refractivity contribution is -0.309. The first-order valence-electron chi connectivity index (χ1n) is 3.66. The van der Waals surface area contributed by atoms with E-state index < -0.39 is 36.1 Å². The minimum Gasteiger partial charge on any atom is -0.548 e. The Morgan fingerprint density at radius 2 is 1.81 bits per heavy atom. The average Bonchev–Trinajstić information content (AvgIpc) is 2.15. The summed E-state index contributed by atoms with van der Waals surface area (Å²) in [4.78, 5) is 32.9. The summed E-state index contributed by atoms with van der Waals surface area (Å²) < 4.78 is 0. The Kier molecular flexibility index (Phi) is 8.59. The van der Waals surface area contributed by atoms with E-state index in [0.29, 0.717) is 0 Å². The third kappa shape index (κ3) is 8.62.